The number of rotatable bonds is 6. The number of carbonyl (C=O) groups is 4. The van der Waals surface area contributed by atoms with Crippen molar-refractivity contribution in [3.05, 3.63) is 69.7 Å². The monoisotopic (exact) mass is 730 g/mol. The Morgan fingerprint density at radius 3 is 1.22 bits per heavy atom. The lowest BCUT2D eigenvalue weighted by Gasteiger charge is -2.35. The number of hydrogen-bond donors (Lipinski definition) is 0. The molecule has 0 spiro atoms. The zero-order valence-electron chi connectivity index (χ0n) is 28.8. The summed E-state index contributed by atoms with van der Waals surface area (Å²) in [6.07, 6.45) is 5.74. The van der Waals surface area contributed by atoms with E-state index in [0.29, 0.717) is 62.4 Å². The molecule has 2 heterocycles. The van der Waals surface area contributed by atoms with Gasteiger partial charge in [-0.1, -0.05) is 47.1 Å². The van der Waals surface area contributed by atoms with Gasteiger partial charge in [-0.15, -0.1) is 0 Å². The van der Waals surface area contributed by atoms with Crippen LogP contribution in [0.25, 0.3) is 12.2 Å². The van der Waals surface area contributed by atoms with Gasteiger partial charge in [-0.25, -0.2) is 9.59 Å². The molecule has 0 aromatic heterocycles. The Hall–Kier alpha value is -3.67. The van der Waals surface area contributed by atoms with Crippen molar-refractivity contribution in [3.8, 4) is 0 Å². The predicted octanol–water partition coefficient (Wildman–Crippen LogP) is 7.33. The first-order chi connectivity index (χ1) is 23.0. The number of ether oxygens (including phenoxy) is 2. The minimum Gasteiger partial charge on any atom is -0.444 e. The Morgan fingerprint density at radius 2 is 0.918 bits per heavy atom. The molecular weight excluding hydrogens is 687 g/mol. The van der Waals surface area contributed by atoms with Crippen LogP contribution >= 0.6 is 35.0 Å². The maximum Gasteiger partial charge on any atom is 0.410 e. The first-order valence-corrected chi connectivity index (χ1v) is 17.7. The van der Waals surface area contributed by atoms with Crippen LogP contribution in [0.4, 0.5) is 9.59 Å². The first kappa shape index (κ1) is 38.1. The van der Waals surface area contributed by atoms with Gasteiger partial charge in [-0.2, -0.15) is 0 Å². The number of halogens is 2. The van der Waals surface area contributed by atoms with Crippen LogP contribution in [0.2, 0.25) is 10.0 Å². The zero-order valence-corrected chi connectivity index (χ0v) is 31.2. The molecule has 13 heteroatoms. The largest absolute Gasteiger partial charge is 0.444 e. The Bertz CT molecular complexity index is 1480. The summed E-state index contributed by atoms with van der Waals surface area (Å²) in [6.45, 7) is 14.3. The number of piperazine rings is 2. The molecule has 0 aliphatic carbocycles. The lowest BCUT2D eigenvalue weighted by molar-refractivity contribution is -0.128. The van der Waals surface area contributed by atoms with Crippen molar-refractivity contribution in [1.29, 1.82) is 0 Å². The Morgan fingerprint density at radius 1 is 0.592 bits per heavy atom. The van der Waals surface area contributed by atoms with Crippen molar-refractivity contribution in [2.75, 3.05) is 52.4 Å². The van der Waals surface area contributed by atoms with E-state index in [9.17, 15) is 19.2 Å². The number of nitrogens with zero attached hydrogens (tertiary/aromatic N) is 4. The highest BCUT2D eigenvalue weighted by Crippen LogP contribution is 2.38. The molecule has 2 saturated heterocycles. The highest BCUT2D eigenvalue weighted by Gasteiger charge is 2.28. The second kappa shape index (κ2) is 16.4. The van der Waals surface area contributed by atoms with Gasteiger partial charge in [0, 0.05) is 74.3 Å². The summed E-state index contributed by atoms with van der Waals surface area (Å²) in [5.74, 6) is -0.274. The molecule has 0 saturated carbocycles. The second-order valence-electron chi connectivity index (χ2n) is 13.7. The van der Waals surface area contributed by atoms with Gasteiger partial charge in [0.25, 0.3) is 0 Å². The summed E-state index contributed by atoms with van der Waals surface area (Å²) in [4.78, 5) is 58.4. The summed E-state index contributed by atoms with van der Waals surface area (Å²) in [5.41, 5.74) is 0.423. The average Bonchev–Trinajstić information content (AvgIpc) is 3.03. The lowest BCUT2D eigenvalue weighted by atomic mass is 10.2. The van der Waals surface area contributed by atoms with Crippen LogP contribution in [0.15, 0.2) is 58.3 Å². The smallest absolute Gasteiger partial charge is 0.410 e. The molecule has 2 aliphatic rings. The van der Waals surface area contributed by atoms with Gasteiger partial charge in [0.15, 0.2) is 0 Å². The third-order valence-electron chi connectivity index (χ3n) is 7.45. The number of hydrogen-bond acceptors (Lipinski definition) is 7. The van der Waals surface area contributed by atoms with Gasteiger partial charge in [0.1, 0.15) is 11.2 Å². The van der Waals surface area contributed by atoms with Crippen molar-refractivity contribution in [1.82, 2.24) is 19.6 Å². The minimum atomic E-state index is -0.564. The maximum atomic E-state index is 12.8. The fraction of sp³-hybridized carbons (Fsp3) is 0.444. The zero-order chi connectivity index (χ0) is 35.9. The van der Waals surface area contributed by atoms with Crippen LogP contribution < -0.4 is 0 Å². The summed E-state index contributed by atoms with van der Waals surface area (Å²) in [7, 11) is 0. The Kier molecular flexibility index (Phi) is 12.7. The Balaban J connectivity index is 1.26. The molecular formula is C36H44Cl2N4O6S. The molecule has 2 fully saturated rings. The quantitative estimate of drug-likeness (QED) is 0.287. The van der Waals surface area contributed by atoms with Gasteiger partial charge < -0.3 is 29.1 Å². The van der Waals surface area contributed by atoms with E-state index in [0.717, 1.165) is 20.9 Å². The molecule has 49 heavy (non-hydrogen) atoms. The van der Waals surface area contributed by atoms with E-state index in [-0.39, 0.29) is 24.0 Å². The van der Waals surface area contributed by atoms with Crippen molar-refractivity contribution in [3.63, 3.8) is 0 Å². The Labute approximate surface area is 302 Å². The maximum absolute atomic E-state index is 12.8. The van der Waals surface area contributed by atoms with Gasteiger partial charge in [0.05, 0.1) is 10.0 Å². The molecule has 10 nitrogen and oxygen atoms in total. The van der Waals surface area contributed by atoms with E-state index >= 15 is 0 Å². The second-order valence-corrected chi connectivity index (χ2v) is 15.6. The van der Waals surface area contributed by atoms with Crippen LogP contribution in [0.5, 0.6) is 0 Å². The number of carbonyl (C=O) groups excluding carboxylic acids is 4. The van der Waals surface area contributed by atoms with E-state index in [4.69, 9.17) is 32.7 Å². The van der Waals surface area contributed by atoms with Crippen molar-refractivity contribution in [2.45, 2.75) is 62.5 Å². The first-order valence-electron chi connectivity index (χ1n) is 16.1. The molecule has 0 radical (unpaired) electrons. The van der Waals surface area contributed by atoms with E-state index < -0.39 is 11.2 Å². The summed E-state index contributed by atoms with van der Waals surface area (Å²) >= 11 is 14.6. The van der Waals surface area contributed by atoms with Crippen molar-refractivity contribution < 1.29 is 28.7 Å². The van der Waals surface area contributed by atoms with Crippen LogP contribution in [-0.2, 0) is 19.1 Å². The highest BCUT2D eigenvalue weighted by molar-refractivity contribution is 7.99. The van der Waals surface area contributed by atoms with Crippen LogP contribution in [0.3, 0.4) is 0 Å². The van der Waals surface area contributed by atoms with Crippen LogP contribution in [0, 0.1) is 0 Å². The highest BCUT2D eigenvalue weighted by atomic mass is 35.5. The molecule has 2 aliphatic heterocycles. The molecule has 4 rings (SSSR count). The lowest BCUT2D eigenvalue weighted by Crippen LogP contribution is -2.51. The molecule has 0 bridgehead atoms. The van der Waals surface area contributed by atoms with E-state index in [1.165, 1.54) is 23.9 Å². The molecule has 4 amide bonds. The average molecular weight is 732 g/mol. The van der Waals surface area contributed by atoms with Crippen LogP contribution in [-0.4, -0.2) is 107 Å². The van der Waals surface area contributed by atoms with Gasteiger partial charge in [-0.3, -0.25) is 9.59 Å². The van der Waals surface area contributed by atoms with Gasteiger partial charge >= 0.3 is 12.2 Å². The van der Waals surface area contributed by atoms with Crippen molar-refractivity contribution in [2.24, 2.45) is 0 Å². The summed E-state index contributed by atoms with van der Waals surface area (Å²) in [5, 5.41) is 1.03. The van der Waals surface area contributed by atoms with E-state index in [1.54, 1.807) is 43.9 Å². The third kappa shape index (κ3) is 11.7. The molecule has 2 aromatic rings. The standard InChI is InChI=1S/C36H44Cl2N4O6S/c1-35(2,3)47-33(45)41-19-15-39(16-20-41)31(43)13-9-25-7-11-29(27(37)23-25)49-30-12-8-26(24-28(30)38)10-14-32(44)40-17-21-42(22-18-40)34(46)48-36(4,5)6/h7-14,23-24H,15-22H2,1-6H3/b13-9+,14-10+. The van der Waals surface area contributed by atoms with Crippen molar-refractivity contribution >= 4 is 71.1 Å². The molecule has 0 unspecified atom stereocenters. The SMILES string of the molecule is CC(C)(C)OC(=O)N1CCN(C(=O)/C=C/c2ccc(Sc3ccc(/C=C/C(=O)N4CCN(C(=O)OC(C)(C)C)CC4)cc3Cl)c(Cl)c2)CC1. The van der Waals surface area contributed by atoms with Crippen LogP contribution in [0.1, 0.15) is 52.7 Å². The molecule has 2 aromatic carbocycles. The molecule has 0 N–H and O–H groups in total. The summed E-state index contributed by atoms with van der Waals surface area (Å²) < 4.78 is 10.8. The topological polar surface area (TPSA) is 99.7 Å². The van der Waals surface area contributed by atoms with E-state index in [1.807, 2.05) is 65.8 Å². The normalized spacial score (nSPS) is 16.0. The van der Waals surface area contributed by atoms with E-state index in [2.05, 4.69) is 0 Å². The summed E-state index contributed by atoms with van der Waals surface area (Å²) in [6, 6.07) is 11.1. The molecule has 264 valence electrons. The minimum absolute atomic E-state index is 0.137. The number of amides is 4. The predicted molar refractivity (Wildman–Crippen MR) is 194 cm³/mol. The fourth-order valence-corrected chi connectivity index (χ4v) is 6.37. The van der Waals surface area contributed by atoms with Gasteiger partial charge in [0.2, 0.25) is 11.8 Å². The number of benzene rings is 2. The fourth-order valence-electron chi connectivity index (χ4n) is 4.94. The third-order valence-corrected chi connectivity index (χ3v) is 9.46. The molecule has 0 atom stereocenters. The van der Waals surface area contributed by atoms with Gasteiger partial charge in [-0.05, 0) is 89.1 Å².